The second-order valence-electron chi connectivity index (χ2n) is 16.7. The Hall–Kier alpha value is -1.69. The lowest BCUT2D eigenvalue weighted by Crippen LogP contribution is -2.23. The standard InChI is InChI=1S/C44H78O5S/c1-9-11-13-15-17-19-21-23-25-27-30-50(31-28-26-24-22-20-18-16-14-12-10-2)32-29-48-40(45)35-41(46)49-36-37-33-38(43(3,4)5)42(47)39(34-37)44(6,7)8/h33-34H,9-32,35-36H2,1-8H3/p+1. The molecule has 0 saturated heterocycles. The molecule has 0 aliphatic carbocycles. The average molecular weight is 720 g/mol. The lowest BCUT2D eigenvalue weighted by molar-refractivity contribution is -0.154. The monoisotopic (exact) mass is 720 g/mol. The van der Waals surface area contributed by atoms with Crippen molar-refractivity contribution in [1.29, 1.82) is 0 Å². The van der Waals surface area contributed by atoms with Gasteiger partial charge in [0, 0.05) is 0 Å². The van der Waals surface area contributed by atoms with Gasteiger partial charge in [-0.3, -0.25) is 9.59 Å². The molecular formula is C44H79O5S+. The molecule has 0 bridgehead atoms. The van der Waals surface area contributed by atoms with Crippen LogP contribution in [0.25, 0.3) is 0 Å². The molecule has 0 amide bonds. The molecule has 6 heteroatoms. The first-order valence-electron chi connectivity index (χ1n) is 20.6. The van der Waals surface area contributed by atoms with E-state index in [9.17, 15) is 14.7 Å². The van der Waals surface area contributed by atoms with Crippen LogP contribution in [0.15, 0.2) is 12.1 Å². The summed E-state index contributed by atoms with van der Waals surface area (Å²) in [6, 6.07) is 3.81. The van der Waals surface area contributed by atoms with Gasteiger partial charge in [-0.15, -0.1) is 0 Å². The van der Waals surface area contributed by atoms with Crippen LogP contribution < -0.4 is 0 Å². The van der Waals surface area contributed by atoms with Crippen molar-refractivity contribution in [2.75, 3.05) is 23.9 Å². The first-order valence-corrected chi connectivity index (χ1v) is 22.3. The van der Waals surface area contributed by atoms with Crippen LogP contribution in [0.4, 0.5) is 0 Å². The van der Waals surface area contributed by atoms with Crippen LogP contribution in [0.3, 0.4) is 0 Å². The Labute approximate surface area is 312 Å². The first kappa shape index (κ1) is 46.3. The highest BCUT2D eigenvalue weighted by Crippen LogP contribution is 2.40. The number of carbonyl (C=O) groups is 2. The lowest BCUT2D eigenvalue weighted by atomic mass is 9.78. The van der Waals surface area contributed by atoms with E-state index in [0.717, 1.165) is 22.4 Å². The van der Waals surface area contributed by atoms with Crippen molar-refractivity contribution < 1.29 is 24.2 Å². The van der Waals surface area contributed by atoms with Crippen molar-refractivity contribution in [2.45, 2.75) is 208 Å². The quantitative estimate of drug-likeness (QED) is 0.0386. The van der Waals surface area contributed by atoms with Crippen LogP contribution in [0.2, 0.25) is 0 Å². The van der Waals surface area contributed by atoms with Crippen LogP contribution in [0, 0.1) is 0 Å². The van der Waals surface area contributed by atoms with E-state index in [4.69, 9.17) is 9.47 Å². The van der Waals surface area contributed by atoms with E-state index in [-0.39, 0.29) is 34.8 Å². The molecule has 0 radical (unpaired) electrons. The Morgan fingerprint density at radius 1 is 0.560 bits per heavy atom. The van der Waals surface area contributed by atoms with Gasteiger partial charge in [-0.2, -0.15) is 0 Å². The Morgan fingerprint density at radius 3 is 1.30 bits per heavy atom. The molecule has 1 rings (SSSR count). The molecule has 50 heavy (non-hydrogen) atoms. The molecule has 0 unspecified atom stereocenters. The van der Waals surface area contributed by atoms with E-state index < -0.39 is 11.9 Å². The molecule has 1 aromatic carbocycles. The largest absolute Gasteiger partial charge is 0.507 e. The molecule has 1 N–H and O–H groups in total. The maximum absolute atomic E-state index is 12.6. The first-order chi connectivity index (χ1) is 23.8. The van der Waals surface area contributed by atoms with E-state index in [2.05, 4.69) is 55.4 Å². The second-order valence-corrected chi connectivity index (χ2v) is 19.1. The predicted octanol–water partition coefficient (Wildman–Crippen LogP) is 12.4. The number of esters is 2. The number of unbranched alkanes of at least 4 members (excludes halogenated alkanes) is 18. The molecule has 0 fully saturated rings. The zero-order chi connectivity index (χ0) is 37.3. The average Bonchev–Trinajstić information content (AvgIpc) is 3.04. The Morgan fingerprint density at radius 2 is 0.920 bits per heavy atom. The lowest BCUT2D eigenvalue weighted by Gasteiger charge is -2.28. The van der Waals surface area contributed by atoms with Gasteiger partial charge in [0.1, 0.15) is 42.6 Å². The van der Waals surface area contributed by atoms with Crippen molar-refractivity contribution in [3.05, 3.63) is 28.8 Å². The number of hydrogen-bond donors (Lipinski definition) is 1. The molecular weight excluding hydrogens is 641 g/mol. The third-order valence-electron chi connectivity index (χ3n) is 9.68. The summed E-state index contributed by atoms with van der Waals surface area (Å²) in [5.74, 6) is 2.57. The third-order valence-corrected chi connectivity index (χ3v) is 12.2. The van der Waals surface area contributed by atoms with E-state index in [1.807, 2.05) is 12.1 Å². The molecule has 290 valence electrons. The summed E-state index contributed by atoms with van der Waals surface area (Å²) in [7, 11) is 0.257. The number of phenolic OH excluding ortho intramolecular Hbond substituents is 1. The molecule has 1 aromatic rings. The van der Waals surface area contributed by atoms with Gasteiger partial charge >= 0.3 is 11.9 Å². The molecule has 0 heterocycles. The van der Waals surface area contributed by atoms with Crippen LogP contribution in [-0.4, -0.2) is 40.9 Å². The van der Waals surface area contributed by atoms with Gasteiger partial charge in [-0.05, 0) is 76.2 Å². The van der Waals surface area contributed by atoms with Gasteiger partial charge < -0.3 is 14.6 Å². The highest BCUT2D eigenvalue weighted by Gasteiger charge is 2.27. The number of benzene rings is 1. The zero-order valence-corrected chi connectivity index (χ0v) is 34.8. The number of ether oxygens (including phenoxy) is 2. The van der Waals surface area contributed by atoms with Gasteiger partial charge in [0.05, 0.1) is 0 Å². The minimum atomic E-state index is -0.576. The van der Waals surface area contributed by atoms with Gasteiger partial charge in [0.15, 0.2) is 0 Å². The summed E-state index contributed by atoms with van der Waals surface area (Å²) in [5, 5.41) is 11.0. The highest BCUT2D eigenvalue weighted by molar-refractivity contribution is 7.96. The Bertz CT molecular complexity index is 979. The number of rotatable bonds is 29. The van der Waals surface area contributed by atoms with Crippen molar-refractivity contribution in [2.24, 2.45) is 0 Å². The molecule has 5 nitrogen and oxygen atoms in total. The van der Waals surface area contributed by atoms with Crippen LogP contribution >= 0.6 is 0 Å². The number of carbonyl (C=O) groups excluding carboxylic acids is 2. The Kier molecular flexibility index (Phi) is 25.0. The fraction of sp³-hybridized carbons (Fsp3) is 0.818. The van der Waals surface area contributed by atoms with Gasteiger partial charge in [0.2, 0.25) is 0 Å². The summed E-state index contributed by atoms with van der Waals surface area (Å²) in [6.45, 7) is 17.3. The molecule has 0 aromatic heterocycles. The molecule has 0 aliphatic heterocycles. The maximum Gasteiger partial charge on any atom is 0.317 e. The highest BCUT2D eigenvalue weighted by atomic mass is 32.2. The Balaban J connectivity index is 2.51. The fourth-order valence-electron chi connectivity index (χ4n) is 6.47. The summed E-state index contributed by atoms with van der Waals surface area (Å²) in [4.78, 5) is 25.2. The van der Waals surface area contributed by atoms with E-state index in [0.29, 0.717) is 12.4 Å². The number of aromatic hydroxyl groups is 1. The SMILES string of the molecule is CCCCCCCCCCCC[S+](CCCCCCCCCCCC)CCOC(=O)CC(=O)OCc1cc(C(C)(C)C)c(O)c(C(C)(C)C)c1. The minimum absolute atomic E-state index is 0.0553. The molecule has 0 atom stereocenters. The van der Waals surface area contributed by atoms with Crippen molar-refractivity contribution in [3.63, 3.8) is 0 Å². The summed E-state index contributed by atoms with van der Waals surface area (Å²) < 4.78 is 11.1. The topological polar surface area (TPSA) is 72.8 Å². The third kappa shape index (κ3) is 22.3. The molecule has 0 spiro atoms. The van der Waals surface area contributed by atoms with Crippen molar-refractivity contribution >= 4 is 22.8 Å². The summed E-state index contributed by atoms with van der Waals surface area (Å²) >= 11 is 0. The van der Waals surface area contributed by atoms with Crippen LogP contribution in [-0.2, 0) is 47.4 Å². The normalized spacial score (nSPS) is 12.1. The summed E-state index contributed by atoms with van der Waals surface area (Å²) in [5.41, 5.74) is 1.91. The van der Waals surface area contributed by atoms with Crippen LogP contribution in [0.1, 0.15) is 207 Å². The van der Waals surface area contributed by atoms with Crippen LogP contribution in [0.5, 0.6) is 5.75 Å². The van der Waals surface area contributed by atoms with E-state index >= 15 is 0 Å². The van der Waals surface area contributed by atoms with E-state index in [1.54, 1.807) is 0 Å². The molecule has 0 aliphatic rings. The zero-order valence-electron chi connectivity index (χ0n) is 34.0. The number of hydrogen-bond acceptors (Lipinski definition) is 5. The predicted molar refractivity (Wildman–Crippen MR) is 217 cm³/mol. The smallest absolute Gasteiger partial charge is 0.317 e. The minimum Gasteiger partial charge on any atom is -0.507 e. The fourth-order valence-corrected chi connectivity index (χ4v) is 8.63. The van der Waals surface area contributed by atoms with E-state index in [1.165, 1.54) is 140 Å². The van der Waals surface area contributed by atoms with Gasteiger partial charge in [-0.1, -0.05) is 158 Å². The van der Waals surface area contributed by atoms with Gasteiger partial charge in [0.25, 0.3) is 0 Å². The maximum atomic E-state index is 12.6. The van der Waals surface area contributed by atoms with Gasteiger partial charge in [-0.25, -0.2) is 0 Å². The van der Waals surface area contributed by atoms with Crippen molar-refractivity contribution in [3.8, 4) is 5.75 Å². The second kappa shape index (κ2) is 27.0. The van der Waals surface area contributed by atoms with Crippen molar-refractivity contribution in [1.82, 2.24) is 0 Å². The molecule has 0 saturated carbocycles. The number of phenols is 1. The summed E-state index contributed by atoms with van der Waals surface area (Å²) in [6.07, 6.45) is 26.6.